The van der Waals surface area contributed by atoms with Crippen molar-refractivity contribution >= 4 is 61.4 Å². The quantitative estimate of drug-likeness (QED) is 0.116. The van der Waals surface area contributed by atoms with Gasteiger partial charge in [0.05, 0.1) is 31.6 Å². The Morgan fingerprint density at radius 2 is 0.947 bits per heavy atom. The fraction of sp³-hybridized carbons (Fsp3) is 0.377. The van der Waals surface area contributed by atoms with E-state index in [1.807, 2.05) is 49.3 Å². The zero-order valence-corrected chi connectivity index (χ0v) is 59.7. The van der Waals surface area contributed by atoms with Gasteiger partial charge in [0.25, 0.3) is 0 Å². The molecule has 0 bridgehead atoms. The summed E-state index contributed by atoms with van der Waals surface area (Å²) in [5.74, 6) is 1.28. The van der Waals surface area contributed by atoms with Crippen LogP contribution in [0, 0.1) is 34.6 Å². The Morgan fingerprint density at radius 3 is 1.43 bits per heavy atom. The third-order valence-electron chi connectivity index (χ3n) is 15.7. The van der Waals surface area contributed by atoms with E-state index in [0.717, 1.165) is 103 Å². The summed E-state index contributed by atoms with van der Waals surface area (Å²) >= 11 is 2.88. The number of aryl methyl sites for hydroxylation is 5. The maximum Gasteiger partial charge on any atom is 0.417 e. The van der Waals surface area contributed by atoms with Crippen molar-refractivity contribution in [3.63, 3.8) is 0 Å². The van der Waals surface area contributed by atoms with Crippen LogP contribution in [0.25, 0.3) is 0 Å². The van der Waals surface area contributed by atoms with Crippen LogP contribution in [0.5, 0.6) is 11.5 Å². The Kier molecular flexibility index (Phi) is 32.8. The van der Waals surface area contributed by atoms with Gasteiger partial charge in [-0.25, -0.2) is 0 Å². The Balaban J connectivity index is 0.000000195. The Hall–Kier alpha value is -8.09. The van der Waals surface area contributed by atoms with Crippen molar-refractivity contribution in [2.75, 3.05) is 188 Å². The van der Waals surface area contributed by atoms with Crippen molar-refractivity contribution in [1.82, 2.24) is 10.6 Å². The van der Waals surface area contributed by atoms with Gasteiger partial charge in [-0.3, -0.25) is 0 Å². The number of fused-ring (bicyclic) bond motifs is 1. The molecule has 0 unspecified atom stereocenters. The van der Waals surface area contributed by atoms with Gasteiger partial charge in [0.15, 0.2) is 0 Å². The van der Waals surface area contributed by atoms with Crippen molar-refractivity contribution in [2.45, 2.75) is 47.2 Å². The van der Waals surface area contributed by atoms with Gasteiger partial charge in [-0.2, -0.15) is 13.2 Å². The van der Waals surface area contributed by atoms with Crippen LogP contribution in [0.1, 0.15) is 38.9 Å². The van der Waals surface area contributed by atoms with E-state index >= 15 is 0 Å². The molecule has 94 heavy (non-hydrogen) atoms. The molecule has 13 nitrogen and oxygen atoms in total. The van der Waals surface area contributed by atoms with E-state index in [0.29, 0.717) is 11.4 Å². The molecule has 3 fully saturated rings. The molecule has 0 radical (unpaired) electrons. The van der Waals surface area contributed by atoms with Crippen molar-refractivity contribution in [3.8, 4) is 11.5 Å². The van der Waals surface area contributed by atoms with Crippen molar-refractivity contribution in [3.05, 3.63) is 225 Å². The van der Waals surface area contributed by atoms with Crippen molar-refractivity contribution in [1.29, 1.82) is 0 Å². The maximum atomic E-state index is 12.4. The Labute approximate surface area is 569 Å². The minimum atomic E-state index is -4.31. The standard InChI is InChI=1S/C11H16N2O.C11H17N.C10H14N2.C10H13NO.C10H15N.C9H9BrF3N.C8H11NO.C8H9N/c1-14-11-5-3-2-4-10(11)13-8-6-12-7-9-13;1-8-6-9(2)11(12(4)5)10(3)7-8;1-2-4-10(5-3-1)12-8-6-11-7-9-12;1-2-4-10(5-3-1)11-6-8-12-9-7-11;1-8-6-5-7-9(2)10(8)11(3)4;1-14(2)6-3-4-8(10)7(5-6)9(11,12)13;1-9(2)7-4-3-5-8(10)6-7;1-2-4-8-7(3-1)5-6-9-8/h2-5,12H,6-9H2,1H3;6-7H,1-5H3;1-5,11H,6-9H2;1-5H,6-9H2;5-7H,1-4H3;3-5H,1-2H3;3-6,10H,1-2H3;1-4,9H,5-6H2. The summed E-state index contributed by atoms with van der Waals surface area (Å²) in [5.41, 5.74) is 17.0. The van der Waals surface area contributed by atoms with Gasteiger partial charge >= 0.3 is 6.18 Å². The van der Waals surface area contributed by atoms with Gasteiger partial charge in [0.1, 0.15) is 11.5 Å². The Bertz CT molecular complexity index is 3310. The number of hydrogen-bond donors (Lipinski definition) is 4. The molecular formula is C77H104BrF3N10O3. The molecule has 0 spiro atoms. The molecule has 4 N–H and O–H groups in total. The van der Waals surface area contributed by atoms with Gasteiger partial charge in [0.2, 0.25) is 0 Å². The number of piperazine rings is 2. The molecule has 4 aliphatic rings. The van der Waals surface area contributed by atoms with Gasteiger partial charge in [-0.1, -0.05) is 125 Å². The second-order valence-corrected chi connectivity index (χ2v) is 24.9. The Morgan fingerprint density at radius 1 is 0.479 bits per heavy atom. The topological polar surface area (TPSA) is 97.5 Å². The number of phenols is 1. The summed E-state index contributed by atoms with van der Waals surface area (Å²) in [6, 6.07) is 59.8. The highest BCUT2D eigenvalue weighted by atomic mass is 79.9. The van der Waals surface area contributed by atoms with Crippen LogP contribution >= 0.6 is 15.9 Å². The minimum absolute atomic E-state index is 0.0654. The molecule has 8 aromatic carbocycles. The third-order valence-corrected chi connectivity index (χ3v) is 16.4. The number of phenolic OH excluding ortho intramolecular Hbond substituents is 1. The van der Waals surface area contributed by atoms with Crippen molar-refractivity contribution in [2.24, 2.45) is 0 Å². The van der Waals surface area contributed by atoms with E-state index in [-0.39, 0.29) is 4.47 Å². The van der Waals surface area contributed by atoms with Crippen LogP contribution in [0.15, 0.2) is 186 Å². The summed E-state index contributed by atoms with van der Waals surface area (Å²) in [5, 5.41) is 19.0. The summed E-state index contributed by atoms with van der Waals surface area (Å²) in [6.07, 6.45) is -3.12. The number of methoxy groups -OCH3 is 1. The third kappa shape index (κ3) is 26.0. The highest BCUT2D eigenvalue weighted by Crippen LogP contribution is 2.37. The van der Waals surface area contributed by atoms with Crippen LogP contribution in [0.2, 0.25) is 0 Å². The number of halogens is 4. The number of benzene rings is 8. The zero-order chi connectivity index (χ0) is 68.6. The predicted octanol–water partition coefficient (Wildman–Crippen LogP) is 15.4. The highest BCUT2D eigenvalue weighted by molar-refractivity contribution is 9.10. The number of anilines is 8. The lowest BCUT2D eigenvalue weighted by atomic mass is 10.0. The largest absolute Gasteiger partial charge is 0.508 e. The maximum absolute atomic E-state index is 12.4. The normalized spacial score (nSPS) is 13.6. The summed E-state index contributed by atoms with van der Waals surface area (Å²) in [6.45, 7) is 24.3. The van der Waals surface area contributed by atoms with Crippen molar-refractivity contribution < 1.29 is 27.8 Å². The summed E-state index contributed by atoms with van der Waals surface area (Å²) in [7, 11) is 17.3. The molecular weight excluding hydrogens is 1250 g/mol. The lowest BCUT2D eigenvalue weighted by Crippen LogP contribution is -2.43. The lowest BCUT2D eigenvalue weighted by molar-refractivity contribution is -0.138. The van der Waals surface area contributed by atoms with E-state index in [1.54, 1.807) is 44.3 Å². The number of nitrogens with one attached hydrogen (secondary N) is 3. The average Bonchev–Trinajstić information content (AvgIpc) is 1.15. The van der Waals surface area contributed by atoms with E-state index in [1.165, 1.54) is 80.0 Å². The van der Waals surface area contributed by atoms with Gasteiger partial charge in [0, 0.05) is 179 Å². The number of rotatable bonds is 8. The molecule has 3 saturated heterocycles. The first-order valence-electron chi connectivity index (χ1n) is 32.3. The van der Waals surface area contributed by atoms with E-state index < -0.39 is 11.7 Å². The molecule has 0 aliphatic carbocycles. The molecule has 0 atom stereocenters. The minimum Gasteiger partial charge on any atom is -0.508 e. The first-order valence-corrected chi connectivity index (χ1v) is 33.1. The fourth-order valence-electron chi connectivity index (χ4n) is 11.2. The molecule has 0 aromatic heterocycles. The number of ether oxygens (including phenoxy) is 2. The number of alkyl halides is 3. The van der Waals surface area contributed by atoms with Crippen LogP contribution in [0.4, 0.5) is 58.7 Å². The molecule has 12 rings (SSSR count). The lowest BCUT2D eigenvalue weighted by Gasteiger charge is -2.30. The molecule has 508 valence electrons. The number of hydrogen-bond acceptors (Lipinski definition) is 13. The first-order chi connectivity index (χ1) is 45.0. The number of aromatic hydroxyl groups is 1. The average molecular weight is 1350 g/mol. The predicted molar refractivity (Wildman–Crippen MR) is 399 cm³/mol. The molecule has 17 heteroatoms. The van der Waals surface area contributed by atoms with Gasteiger partial charge in [-0.15, -0.1) is 0 Å². The molecule has 8 aromatic rings. The first kappa shape index (κ1) is 76.6. The van der Waals surface area contributed by atoms with Crippen LogP contribution < -0.4 is 55.0 Å². The van der Waals surface area contributed by atoms with Crippen LogP contribution in [0.3, 0.4) is 0 Å². The second kappa shape index (κ2) is 40.2. The van der Waals surface area contributed by atoms with Gasteiger partial charge < -0.3 is 64.8 Å². The number of nitrogens with zero attached hydrogens (tertiary/aromatic N) is 7. The van der Waals surface area contributed by atoms with E-state index in [9.17, 15) is 13.2 Å². The van der Waals surface area contributed by atoms with Gasteiger partial charge in [-0.05, 0) is 142 Å². The number of para-hydroxylation sites is 6. The SMILES string of the molecule is CN(C)c1ccc(Br)c(C(F)(F)F)c1.CN(C)c1cccc(O)c1.COc1ccccc1N1CCNCC1.Cc1cc(C)c(N(C)C)c(C)c1.Cc1cccc(C)c1N(C)C.c1ccc(N2CCNCC2)cc1.c1ccc(N2CCOCC2)cc1.c1ccc2c(c1)CCN2. The fourth-order valence-corrected chi connectivity index (χ4v) is 11.7. The molecule has 4 heterocycles. The second-order valence-electron chi connectivity index (χ2n) is 24.0. The molecule has 0 amide bonds. The highest BCUT2D eigenvalue weighted by Gasteiger charge is 2.33. The monoisotopic (exact) mass is 1350 g/mol. The zero-order valence-electron chi connectivity index (χ0n) is 58.1. The van der Waals surface area contributed by atoms with Crippen LogP contribution in [-0.4, -0.2) is 154 Å². The smallest absolute Gasteiger partial charge is 0.417 e. The molecule has 4 aliphatic heterocycles. The number of morpholine rings is 1. The van der Waals surface area contributed by atoms with E-state index in [4.69, 9.17) is 14.6 Å². The molecule has 0 saturated carbocycles. The van der Waals surface area contributed by atoms with E-state index in [2.05, 4.69) is 241 Å². The summed E-state index contributed by atoms with van der Waals surface area (Å²) < 4.78 is 48.0. The summed E-state index contributed by atoms with van der Waals surface area (Å²) in [4.78, 5) is 15.0. The van der Waals surface area contributed by atoms with Crippen LogP contribution in [-0.2, 0) is 17.3 Å².